The van der Waals surface area contributed by atoms with Crippen molar-refractivity contribution in [2.75, 3.05) is 6.54 Å². The quantitative estimate of drug-likeness (QED) is 0.571. The van der Waals surface area contributed by atoms with Gasteiger partial charge < -0.3 is 21.1 Å². The van der Waals surface area contributed by atoms with Gasteiger partial charge in [0, 0.05) is 6.54 Å². The second-order valence-electron chi connectivity index (χ2n) is 2.79. The van der Waals surface area contributed by atoms with Crippen molar-refractivity contribution in [2.24, 2.45) is 5.73 Å². The fourth-order valence-electron chi connectivity index (χ4n) is 0.971. The van der Waals surface area contributed by atoms with E-state index < -0.39 is 12.2 Å². The summed E-state index contributed by atoms with van der Waals surface area (Å²) in [6, 6.07) is 2.90. The van der Waals surface area contributed by atoms with Crippen LogP contribution in [0.15, 0.2) is 16.7 Å². The third-order valence-electron chi connectivity index (χ3n) is 1.75. The van der Waals surface area contributed by atoms with Crippen molar-refractivity contribution in [3.8, 4) is 5.75 Å². The highest BCUT2D eigenvalue weighted by molar-refractivity contribution is 9.10. The highest BCUT2D eigenvalue weighted by Crippen LogP contribution is 2.25. The number of aliphatic hydroxyl groups excluding tert-OH is 2. The number of aromatic nitrogens is 1. The van der Waals surface area contributed by atoms with Crippen LogP contribution in [-0.2, 0) is 0 Å². The number of aliphatic hydroxyl groups is 2. The van der Waals surface area contributed by atoms with Gasteiger partial charge in [0.2, 0.25) is 0 Å². The maximum atomic E-state index is 9.52. The molecule has 78 valence electrons. The monoisotopic (exact) mass is 262 g/mol. The average molecular weight is 263 g/mol. The molecule has 1 heterocycles. The van der Waals surface area contributed by atoms with Crippen LogP contribution in [0.2, 0.25) is 0 Å². The molecule has 0 aliphatic rings. The lowest BCUT2D eigenvalue weighted by Gasteiger charge is -2.16. The minimum absolute atomic E-state index is 0.0114. The maximum absolute atomic E-state index is 9.52. The summed E-state index contributed by atoms with van der Waals surface area (Å²) in [4.78, 5) is 3.84. The molecule has 0 radical (unpaired) electrons. The van der Waals surface area contributed by atoms with Crippen LogP contribution in [0.1, 0.15) is 11.8 Å². The van der Waals surface area contributed by atoms with Gasteiger partial charge in [-0.1, -0.05) is 0 Å². The zero-order chi connectivity index (χ0) is 10.7. The van der Waals surface area contributed by atoms with E-state index in [9.17, 15) is 15.3 Å². The lowest BCUT2D eigenvalue weighted by Crippen LogP contribution is -2.27. The van der Waals surface area contributed by atoms with Crippen LogP contribution in [0.4, 0.5) is 0 Å². The van der Waals surface area contributed by atoms with Gasteiger partial charge in [0.1, 0.15) is 22.2 Å². The summed E-state index contributed by atoms with van der Waals surface area (Å²) in [6.07, 6.45) is -2.42. The summed E-state index contributed by atoms with van der Waals surface area (Å²) in [7, 11) is 0. The molecule has 6 heteroatoms. The van der Waals surface area contributed by atoms with E-state index in [1.165, 1.54) is 12.1 Å². The van der Waals surface area contributed by atoms with E-state index in [2.05, 4.69) is 20.9 Å². The van der Waals surface area contributed by atoms with Crippen molar-refractivity contribution in [3.63, 3.8) is 0 Å². The molecule has 5 nitrogen and oxygen atoms in total. The second kappa shape index (κ2) is 4.70. The molecule has 0 saturated heterocycles. The molecule has 14 heavy (non-hydrogen) atoms. The summed E-state index contributed by atoms with van der Waals surface area (Å²) in [6.45, 7) is -0.102. The molecule has 1 aromatic heterocycles. The number of nitrogens with zero attached hydrogens (tertiary/aromatic N) is 1. The van der Waals surface area contributed by atoms with Gasteiger partial charge in [0.25, 0.3) is 0 Å². The predicted octanol–water partition coefficient (Wildman–Crippen LogP) is -0.0973. The largest absolute Gasteiger partial charge is 0.506 e. The fourth-order valence-corrected chi connectivity index (χ4v) is 1.29. The lowest BCUT2D eigenvalue weighted by molar-refractivity contribution is 0.0201. The van der Waals surface area contributed by atoms with Crippen molar-refractivity contribution >= 4 is 15.9 Å². The van der Waals surface area contributed by atoms with Crippen molar-refractivity contribution in [1.82, 2.24) is 4.98 Å². The molecule has 0 aliphatic heterocycles. The fraction of sp³-hybridized carbons (Fsp3) is 0.375. The molecule has 1 rings (SSSR count). The van der Waals surface area contributed by atoms with Crippen LogP contribution in [0.5, 0.6) is 5.75 Å². The molecule has 5 N–H and O–H groups in total. The van der Waals surface area contributed by atoms with Crippen LogP contribution in [-0.4, -0.2) is 33.0 Å². The van der Waals surface area contributed by atoms with Crippen molar-refractivity contribution in [3.05, 3.63) is 22.4 Å². The first-order valence-electron chi connectivity index (χ1n) is 3.98. The number of hydrogen-bond acceptors (Lipinski definition) is 5. The lowest BCUT2D eigenvalue weighted by atomic mass is 10.1. The van der Waals surface area contributed by atoms with Gasteiger partial charge in [-0.2, -0.15) is 0 Å². The molecular formula is C8H11BrN2O3. The zero-order valence-corrected chi connectivity index (χ0v) is 8.85. The molecule has 2 unspecified atom stereocenters. The van der Waals surface area contributed by atoms with Crippen LogP contribution < -0.4 is 5.73 Å². The smallest absolute Gasteiger partial charge is 0.139 e. The Balaban J connectivity index is 2.99. The Hall–Kier alpha value is -0.690. The SMILES string of the molecule is NCC(O)C(O)c1nc(Br)ccc1O. The Morgan fingerprint density at radius 2 is 2.07 bits per heavy atom. The number of hydrogen-bond donors (Lipinski definition) is 4. The molecule has 2 atom stereocenters. The van der Waals surface area contributed by atoms with Crippen LogP contribution in [0.3, 0.4) is 0 Å². The Bertz CT molecular complexity index is 321. The van der Waals surface area contributed by atoms with Crippen LogP contribution in [0.25, 0.3) is 0 Å². The number of aromatic hydroxyl groups is 1. The van der Waals surface area contributed by atoms with Crippen molar-refractivity contribution in [1.29, 1.82) is 0 Å². The summed E-state index contributed by atoms with van der Waals surface area (Å²) in [5.41, 5.74) is 5.18. The molecule has 0 aliphatic carbocycles. The van der Waals surface area contributed by atoms with E-state index in [1.54, 1.807) is 0 Å². The number of nitrogens with two attached hydrogens (primary N) is 1. The number of halogens is 1. The van der Waals surface area contributed by atoms with Gasteiger partial charge in [-0.05, 0) is 28.1 Å². The van der Waals surface area contributed by atoms with E-state index in [4.69, 9.17) is 5.73 Å². The highest BCUT2D eigenvalue weighted by Gasteiger charge is 2.21. The maximum Gasteiger partial charge on any atom is 0.139 e. The Morgan fingerprint density at radius 3 is 2.64 bits per heavy atom. The Kier molecular flexibility index (Phi) is 3.82. The summed E-state index contributed by atoms with van der Waals surface area (Å²) in [5, 5.41) is 28.1. The highest BCUT2D eigenvalue weighted by atomic mass is 79.9. The molecule has 0 fully saturated rings. The summed E-state index contributed by atoms with van der Waals surface area (Å²) < 4.78 is 0.466. The van der Waals surface area contributed by atoms with Gasteiger partial charge in [-0.3, -0.25) is 0 Å². The molecule has 0 bridgehead atoms. The van der Waals surface area contributed by atoms with E-state index in [1.807, 2.05) is 0 Å². The topological polar surface area (TPSA) is 99.6 Å². The number of rotatable bonds is 3. The first kappa shape index (κ1) is 11.4. The molecule has 0 saturated carbocycles. The van der Waals surface area contributed by atoms with Gasteiger partial charge in [-0.25, -0.2) is 4.98 Å². The molecule has 0 aromatic carbocycles. The minimum atomic E-state index is -1.28. The van der Waals surface area contributed by atoms with Crippen LogP contribution >= 0.6 is 15.9 Å². The Morgan fingerprint density at radius 1 is 1.43 bits per heavy atom. The van der Waals surface area contributed by atoms with Gasteiger partial charge in [0.05, 0.1) is 6.10 Å². The van der Waals surface area contributed by atoms with E-state index in [-0.39, 0.29) is 18.0 Å². The van der Waals surface area contributed by atoms with Gasteiger partial charge >= 0.3 is 0 Å². The van der Waals surface area contributed by atoms with Crippen molar-refractivity contribution in [2.45, 2.75) is 12.2 Å². The van der Waals surface area contributed by atoms with Crippen LogP contribution in [0, 0.1) is 0 Å². The van der Waals surface area contributed by atoms with Gasteiger partial charge in [0.15, 0.2) is 0 Å². The minimum Gasteiger partial charge on any atom is -0.506 e. The molecule has 1 aromatic rings. The average Bonchev–Trinajstić information content (AvgIpc) is 2.19. The van der Waals surface area contributed by atoms with E-state index >= 15 is 0 Å². The molecule has 0 spiro atoms. The van der Waals surface area contributed by atoms with Crippen molar-refractivity contribution < 1.29 is 15.3 Å². The molecular weight excluding hydrogens is 252 g/mol. The summed E-state index contributed by atoms with van der Waals surface area (Å²) in [5.74, 6) is -0.173. The summed E-state index contributed by atoms with van der Waals surface area (Å²) >= 11 is 3.09. The van der Waals surface area contributed by atoms with Gasteiger partial charge in [-0.15, -0.1) is 0 Å². The third-order valence-corrected chi connectivity index (χ3v) is 2.20. The van der Waals surface area contributed by atoms with E-state index in [0.29, 0.717) is 4.60 Å². The normalized spacial score (nSPS) is 15.1. The third kappa shape index (κ3) is 2.42. The molecule has 0 amide bonds. The first-order chi connectivity index (χ1) is 6.56. The zero-order valence-electron chi connectivity index (χ0n) is 7.26. The number of pyridine rings is 1. The second-order valence-corrected chi connectivity index (χ2v) is 3.60. The predicted molar refractivity (Wildman–Crippen MR) is 53.6 cm³/mol. The standard InChI is InChI=1S/C8H11BrN2O3/c9-6-2-1-4(12)7(11-6)8(14)5(13)3-10/h1-2,5,8,12-14H,3,10H2. The Labute approximate surface area is 89.3 Å². The first-order valence-corrected chi connectivity index (χ1v) is 4.77. The van der Waals surface area contributed by atoms with E-state index in [0.717, 1.165) is 0 Å².